The number of nitrogens with one attached hydrogen (secondary N) is 1. The van der Waals surface area contributed by atoms with E-state index in [-0.39, 0.29) is 24.8 Å². The molecule has 0 spiro atoms. The van der Waals surface area contributed by atoms with E-state index < -0.39 is 0 Å². The third-order valence-electron chi connectivity index (χ3n) is 3.28. The molecule has 2 N–H and O–H groups in total. The fourth-order valence-electron chi connectivity index (χ4n) is 2.06. The van der Waals surface area contributed by atoms with Gasteiger partial charge in [0.15, 0.2) is 0 Å². The molecular formula is C15H21ClN2O3. The van der Waals surface area contributed by atoms with Gasteiger partial charge in [-0.2, -0.15) is 0 Å². The minimum atomic E-state index is -0.148. The van der Waals surface area contributed by atoms with Crippen molar-refractivity contribution in [1.82, 2.24) is 10.2 Å². The maximum Gasteiger partial charge on any atom is 0.317 e. The largest absolute Gasteiger partial charge is 0.489 e. The van der Waals surface area contributed by atoms with Crippen molar-refractivity contribution in [3.63, 3.8) is 0 Å². The van der Waals surface area contributed by atoms with Gasteiger partial charge in [0.25, 0.3) is 0 Å². The van der Waals surface area contributed by atoms with Crippen LogP contribution in [0.3, 0.4) is 0 Å². The van der Waals surface area contributed by atoms with Gasteiger partial charge in [0.1, 0.15) is 11.9 Å². The van der Waals surface area contributed by atoms with Gasteiger partial charge in [0.05, 0.1) is 13.2 Å². The van der Waals surface area contributed by atoms with Crippen LogP contribution >= 0.6 is 11.6 Å². The third-order valence-corrected chi connectivity index (χ3v) is 3.53. The molecule has 1 saturated carbocycles. The summed E-state index contributed by atoms with van der Waals surface area (Å²) in [6.45, 7) is 2.67. The van der Waals surface area contributed by atoms with Gasteiger partial charge in [-0.25, -0.2) is 4.79 Å². The molecule has 0 bridgehead atoms. The molecular weight excluding hydrogens is 292 g/mol. The van der Waals surface area contributed by atoms with Crippen LogP contribution in [0.5, 0.6) is 5.75 Å². The summed E-state index contributed by atoms with van der Waals surface area (Å²) >= 11 is 5.81. The van der Waals surface area contributed by atoms with Crippen LogP contribution in [0.4, 0.5) is 4.79 Å². The highest BCUT2D eigenvalue weighted by molar-refractivity contribution is 6.30. The van der Waals surface area contributed by atoms with Crippen molar-refractivity contribution < 1.29 is 14.6 Å². The number of carbonyl (C=O) groups excluding carboxylic acids is 1. The second-order valence-corrected chi connectivity index (χ2v) is 5.65. The first-order chi connectivity index (χ1) is 10.1. The zero-order chi connectivity index (χ0) is 15.2. The van der Waals surface area contributed by atoms with Crippen molar-refractivity contribution in [2.45, 2.75) is 31.9 Å². The maximum atomic E-state index is 12.0. The number of carbonyl (C=O) groups is 1. The van der Waals surface area contributed by atoms with Crippen LogP contribution in [-0.2, 0) is 0 Å². The van der Waals surface area contributed by atoms with E-state index in [0.717, 1.165) is 18.6 Å². The van der Waals surface area contributed by atoms with Crippen molar-refractivity contribution in [2.75, 3.05) is 19.7 Å². The average Bonchev–Trinajstić information content (AvgIpc) is 3.29. The van der Waals surface area contributed by atoms with E-state index in [9.17, 15) is 4.79 Å². The summed E-state index contributed by atoms with van der Waals surface area (Å²) in [5.74, 6) is 0.718. The first-order valence-electron chi connectivity index (χ1n) is 7.17. The van der Waals surface area contributed by atoms with E-state index >= 15 is 0 Å². The highest BCUT2D eigenvalue weighted by Gasteiger charge is 2.32. The summed E-state index contributed by atoms with van der Waals surface area (Å²) in [6, 6.07) is 7.25. The lowest BCUT2D eigenvalue weighted by molar-refractivity contribution is 0.165. The molecule has 1 aromatic carbocycles. The molecule has 1 aromatic rings. The molecule has 1 unspecified atom stereocenters. The van der Waals surface area contributed by atoms with Gasteiger partial charge in [0.2, 0.25) is 0 Å². The quantitative estimate of drug-likeness (QED) is 0.812. The summed E-state index contributed by atoms with van der Waals surface area (Å²) in [5, 5.41) is 12.5. The molecule has 116 valence electrons. The van der Waals surface area contributed by atoms with E-state index in [0.29, 0.717) is 18.1 Å². The summed E-state index contributed by atoms with van der Waals surface area (Å²) in [7, 11) is 0. The number of halogens is 1. The summed E-state index contributed by atoms with van der Waals surface area (Å²) in [4.78, 5) is 13.7. The lowest BCUT2D eigenvalue weighted by Gasteiger charge is -2.23. The topological polar surface area (TPSA) is 61.8 Å². The van der Waals surface area contributed by atoms with Gasteiger partial charge in [-0.15, -0.1) is 0 Å². The molecule has 1 atom stereocenters. The smallest absolute Gasteiger partial charge is 0.317 e. The van der Waals surface area contributed by atoms with Gasteiger partial charge >= 0.3 is 6.03 Å². The highest BCUT2D eigenvalue weighted by atomic mass is 35.5. The van der Waals surface area contributed by atoms with Crippen molar-refractivity contribution in [1.29, 1.82) is 0 Å². The van der Waals surface area contributed by atoms with E-state index in [1.165, 1.54) is 0 Å². The summed E-state index contributed by atoms with van der Waals surface area (Å²) in [5.41, 5.74) is 0. The van der Waals surface area contributed by atoms with E-state index in [4.69, 9.17) is 21.4 Å². The molecule has 21 heavy (non-hydrogen) atoms. The van der Waals surface area contributed by atoms with Gasteiger partial charge in [-0.05, 0) is 44.0 Å². The molecule has 0 saturated heterocycles. The van der Waals surface area contributed by atoms with Crippen LogP contribution in [0.15, 0.2) is 24.3 Å². The summed E-state index contributed by atoms with van der Waals surface area (Å²) < 4.78 is 5.69. The maximum absolute atomic E-state index is 12.0. The molecule has 2 amide bonds. The monoisotopic (exact) mass is 312 g/mol. The Morgan fingerprint density at radius 2 is 2.14 bits per heavy atom. The van der Waals surface area contributed by atoms with Crippen LogP contribution in [0.25, 0.3) is 0 Å². The number of aliphatic hydroxyl groups excluding tert-OH is 1. The van der Waals surface area contributed by atoms with E-state index in [2.05, 4.69) is 5.32 Å². The number of nitrogens with zero attached hydrogens (tertiary/aromatic N) is 1. The van der Waals surface area contributed by atoms with Gasteiger partial charge in [-0.3, -0.25) is 0 Å². The van der Waals surface area contributed by atoms with Crippen LogP contribution in [0, 0.1) is 0 Å². The molecule has 1 aliphatic rings. The third kappa shape index (κ3) is 5.10. The molecule has 0 aliphatic heterocycles. The second-order valence-electron chi connectivity index (χ2n) is 5.22. The number of rotatable bonds is 7. The first kappa shape index (κ1) is 15.9. The highest BCUT2D eigenvalue weighted by Crippen LogP contribution is 2.26. The fraction of sp³-hybridized carbons (Fsp3) is 0.533. The van der Waals surface area contributed by atoms with E-state index in [1.54, 1.807) is 29.2 Å². The van der Waals surface area contributed by atoms with Crippen LogP contribution in [0.2, 0.25) is 5.02 Å². The molecule has 2 rings (SSSR count). The zero-order valence-corrected chi connectivity index (χ0v) is 12.8. The second kappa shape index (κ2) is 7.52. The zero-order valence-electron chi connectivity index (χ0n) is 12.1. The first-order valence-corrected chi connectivity index (χ1v) is 7.55. The Kier molecular flexibility index (Phi) is 5.70. The number of hydrogen-bond acceptors (Lipinski definition) is 3. The lowest BCUT2D eigenvalue weighted by Crippen LogP contribution is -2.45. The Bertz CT molecular complexity index is 462. The van der Waals surface area contributed by atoms with Crippen LogP contribution in [0.1, 0.15) is 19.8 Å². The van der Waals surface area contributed by atoms with Crippen LogP contribution < -0.4 is 10.1 Å². The Morgan fingerprint density at radius 1 is 1.48 bits per heavy atom. The predicted octanol–water partition coefficient (Wildman–Crippen LogP) is 2.27. The summed E-state index contributed by atoms with van der Waals surface area (Å²) in [6.07, 6.45) is 1.89. The molecule has 1 fully saturated rings. The number of ether oxygens (including phenoxy) is 1. The van der Waals surface area contributed by atoms with Gasteiger partial charge < -0.3 is 20.1 Å². The fourth-order valence-corrected chi connectivity index (χ4v) is 2.19. The Labute approximate surface area is 129 Å². The van der Waals surface area contributed by atoms with Crippen molar-refractivity contribution in [3.05, 3.63) is 29.3 Å². The number of hydrogen-bond donors (Lipinski definition) is 2. The minimum absolute atomic E-state index is 0.0131. The van der Waals surface area contributed by atoms with Crippen molar-refractivity contribution in [2.24, 2.45) is 0 Å². The molecule has 0 radical (unpaired) electrons. The standard InChI is InChI=1S/C15H21ClN2O3/c1-11(21-14-6-2-12(16)3-7-14)10-17-15(20)18(8-9-19)13-4-5-13/h2-3,6-7,11,13,19H,4-5,8-10H2,1H3,(H,17,20). The van der Waals surface area contributed by atoms with Gasteiger partial charge in [-0.1, -0.05) is 11.6 Å². The number of amides is 2. The Hall–Kier alpha value is -1.46. The predicted molar refractivity (Wildman–Crippen MR) is 81.8 cm³/mol. The molecule has 1 aliphatic carbocycles. The minimum Gasteiger partial charge on any atom is -0.489 e. The van der Waals surface area contributed by atoms with Crippen molar-refractivity contribution >= 4 is 17.6 Å². The molecule has 5 nitrogen and oxygen atoms in total. The Morgan fingerprint density at radius 3 is 2.71 bits per heavy atom. The number of urea groups is 1. The van der Waals surface area contributed by atoms with Gasteiger partial charge in [0, 0.05) is 17.6 Å². The molecule has 0 aromatic heterocycles. The molecule has 6 heteroatoms. The normalized spacial score (nSPS) is 15.4. The number of aliphatic hydroxyl groups is 1. The molecule has 0 heterocycles. The SMILES string of the molecule is CC(CNC(=O)N(CCO)C1CC1)Oc1ccc(Cl)cc1. The van der Waals surface area contributed by atoms with Crippen LogP contribution in [-0.4, -0.2) is 47.9 Å². The average molecular weight is 313 g/mol. The van der Waals surface area contributed by atoms with E-state index in [1.807, 2.05) is 6.92 Å². The van der Waals surface area contributed by atoms with Crippen molar-refractivity contribution in [3.8, 4) is 5.75 Å². The lowest BCUT2D eigenvalue weighted by atomic mass is 10.3. The number of benzene rings is 1. The Balaban J connectivity index is 1.76.